The number of nitrogens with one attached hydrogen (secondary N) is 1. The fourth-order valence-electron chi connectivity index (χ4n) is 0.825. The van der Waals surface area contributed by atoms with Gasteiger partial charge in [0.25, 0.3) is 5.91 Å². The molecule has 1 N–H and O–H groups in total. The van der Waals surface area contributed by atoms with Crippen LogP contribution in [0.15, 0.2) is 12.1 Å². The molecule has 0 heterocycles. The van der Waals surface area contributed by atoms with Crippen LogP contribution in [0.4, 0.5) is 27.6 Å². The van der Waals surface area contributed by atoms with Gasteiger partial charge in [-0.15, -0.1) is 0 Å². The van der Waals surface area contributed by atoms with Crippen LogP contribution in [0.25, 0.3) is 0 Å². The zero-order valence-electron chi connectivity index (χ0n) is 7.03. The van der Waals surface area contributed by atoms with Crippen molar-refractivity contribution in [2.24, 2.45) is 0 Å². The Bertz CT molecular complexity index is 370. The van der Waals surface area contributed by atoms with Gasteiger partial charge in [-0.05, 0) is 0 Å². The van der Waals surface area contributed by atoms with E-state index in [0.29, 0.717) is 12.1 Å². The van der Waals surface area contributed by atoms with Crippen molar-refractivity contribution in [2.45, 2.75) is 6.43 Å². The maximum atomic E-state index is 12.5. The summed E-state index contributed by atoms with van der Waals surface area (Å²) in [5.41, 5.74) is -0.572. The van der Waals surface area contributed by atoms with Crippen LogP contribution < -0.4 is 5.32 Å². The first-order chi connectivity index (χ1) is 6.91. The van der Waals surface area contributed by atoms with E-state index in [4.69, 9.17) is 0 Å². The Balaban J connectivity index is 2.93. The molecule has 82 valence electrons. The van der Waals surface area contributed by atoms with Crippen molar-refractivity contribution in [3.8, 4) is 0 Å². The highest BCUT2D eigenvalue weighted by Crippen LogP contribution is 2.17. The standard InChI is InChI=1S/C8H4F5NO/c9-4-1-3(2-5(10)6(4)11)14-8(15)7(12)13/h1-2,7H,(H,14,15). The number of carbonyl (C=O) groups excluding carboxylic acids is 1. The van der Waals surface area contributed by atoms with Gasteiger partial charge in [0.05, 0.1) is 0 Å². The summed E-state index contributed by atoms with van der Waals surface area (Å²) >= 11 is 0. The Morgan fingerprint density at radius 1 is 1.13 bits per heavy atom. The maximum absolute atomic E-state index is 12.5. The predicted molar refractivity (Wildman–Crippen MR) is 40.9 cm³/mol. The summed E-state index contributed by atoms with van der Waals surface area (Å²) in [6.07, 6.45) is -3.32. The van der Waals surface area contributed by atoms with E-state index in [9.17, 15) is 26.7 Å². The van der Waals surface area contributed by atoms with E-state index in [2.05, 4.69) is 0 Å². The number of amides is 1. The van der Waals surface area contributed by atoms with Crippen LogP contribution >= 0.6 is 0 Å². The average molecular weight is 225 g/mol. The molecule has 0 aromatic heterocycles. The topological polar surface area (TPSA) is 29.1 Å². The van der Waals surface area contributed by atoms with Gasteiger partial charge >= 0.3 is 6.43 Å². The Morgan fingerprint density at radius 2 is 1.60 bits per heavy atom. The summed E-state index contributed by atoms with van der Waals surface area (Å²) < 4.78 is 60.9. The van der Waals surface area contributed by atoms with Gasteiger partial charge < -0.3 is 5.32 Å². The highest BCUT2D eigenvalue weighted by atomic mass is 19.3. The molecule has 0 aliphatic rings. The lowest BCUT2D eigenvalue weighted by atomic mass is 10.3. The Kier molecular flexibility index (Phi) is 3.23. The van der Waals surface area contributed by atoms with E-state index < -0.39 is 35.5 Å². The van der Waals surface area contributed by atoms with Gasteiger partial charge in [0.15, 0.2) is 17.5 Å². The van der Waals surface area contributed by atoms with E-state index in [1.54, 1.807) is 0 Å². The Hall–Kier alpha value is -1.66. The highest BCUT2D eigenvalue weighted by molar-refractivity contribution is 5.93. The van der Waals surface area contributed by atoms with Gasteiger partial charge in [0.2, 0.25) is 0 Å². The van der Waals surface area contributed by atoms with Gasteiger partial charge in [0, 0.05) is 17.8 Å². The van der Waals surface area contributed by atoms with Crippen molar-refractivity contribution in [3.05, 3.63) is 29.6 Å². The largest absolute Gasteiger partial charge is 0.321 e. The molecule has 15 heavy (non-hydrogen) atoms. The van der Waals surface area contributed by atoms with E-state index in [1.165, 1.54) is 5.32 Å². The van der Waals surface area contributed by atoms with Crippen molar-refractivity contribution < 1.29 is 26.7 Å². The first-order valence-corrected chi connectivity index (χ1v) is 3.65. The molecule has 1 aromatic rings. The second-order valence-electron chi connectivity index (χ2n) is 2.54. The molecule has 0 fully saturated rings. The Morgan fingerprint density at radius 3 is 2.00 bits per heavy atom. The van der Waals surface area contributed by atoms with E-state index in [0.717, 1.165) is 0 Å². The van der Waals surface area contributed by atoms with Crippen LogP contribution in [0.5, 0.6) is 0 Å². The number of rotatable bonds is 2. The molecule has 0 saturated heterocycles. The van der Waals surface area contributed by atoms with Crippen LogP contribution in [-0.4, -0.2) is 12.3 Å². The molecular weight excluding hydrogens is 221 g/mol. The van der Waals surface area contributed by atoms with Gasteiger partial charge in [-0.3, -0.25) is 4.79 Å². The van der Waals surface area contributed by atoms with E-state index >= 15 is 0 Å². The molecule has 0 bridgehead atoms. The van der Waals surface area contributed by atoms with Crippen LogP contribution in [0.1, 0.15) is 0 Å². The minimum atomic E-state index is -3.32. The minimum absolute atomic E-state index is 0.401. The molecule has 7 heteroatoms. The van der Waals surface area contributed by atoms with E-state index in [-0.39, 0.29) is 0 Å². The third-order valence-corrected chi connectivity index (χ3v) is 1.45. The van der Waals surface area contributed by atoms with Gasteiger partial charge in [0.1, 0.15) is 0 Å². The molecule has 1 aromatic carbocycles. The van der Waals surface area contributed by atoms with Crippen molar-refractivity contribution in [2.75, 3.05) is 5.32 Å². The molecule has 1 amide bonds. The zero-order chi connectivity index (χ0) is 11.6. The van der Waals surface area contributed by atoms with Gasteiger partial charge in [-0.25, -0.2) is 13.2 Å². The van der Waals surface area contributed by atoms with Crippen LogP contribution in [-0.2, 0) is 4.79 Å². The molecule has 0 unspecified atom stereocenters. The lowest BCUT2D eigenvalue weighted by molar-refractivity contribution is -0.126. The monoisotopic (exact) mass is 225 g/mol. The number of anilines is 1. The first kappa shape index (κ1) is 11.4. The molecule has 0 saturated carbocycles. The molecule has 0 radical (unpaired) electrons. The number of alkyl halides is 2. The zero-order valence-corrected chi connectivity index (χ0v) is 7.03. The number of hydrogen-bond acceptors (Lipinski definition) is 1. The summed E-state index contributed by atoms with van der Waals surface area (Å²) in [5.74, 6) is -6.59. The van der Waals surface area contributed by atoms with Crippen molar-refractivity contribution in [1.82, 2.24) is 0 Å². The number of hydrogen-bond donors (Lipinski definition) is 1. The van der Waals surface area contributed by atoms with Crippen molar-refractivity contribution in [1.29, 1.82) is 0 Å². The summed E-state index contributed by atoms with van der Waals surface area (Å²) in [6.45, 7) is 0. The molecule has 1 rings (SSSR count). The third-order valence-electron chi connectivity index (χ3n) is 1.45. The molecule has 0 spiro atoms. The van der Waals surface area contributed by atoms with Gasteiger partial charge in [-0.2, -0.15) is 8.78 Å². The normalized spacial score (nSPS) is 10.5. The molecular formula is C8H4F5NO. The fourth-order valence-corrected chi connectivity index (χ4v) is 0.825. The van der Waals surface area contributed by atoms with E-state index in [1.807, 2.05) is 0 Å². The lowest BCUT2D eigenvalue weighted by Crippen LogP contribution is -2.20. The summed E-state index contributed by atoms with van der Waals surface area (Å²) in [7, 11) is 0. The molecule has 0 aliphatic carbocycles. The van der Waals surface area contributed by atoms with Crippen LogP contribution in [0.2, 0.25) is 0 Å². The molecule has 0 atom stereocenters. The van der Waals surface area contributed by atoms with Crippen LogP contribution in [0.3, 0.4) is 0 Å². The minimum Gasteiger partial charge on any atom is -0.321 e. The van der Waals surface area contributed by atoms with Crippen LogP contribution in [0, 0.1) is 17.5 Å². The fraction of sp³-hybridized carbons (Fsp3) is 0.125. The third kappa shape index (κ3) is 2.64. The van der Waals surface area contributed by atoms with Gasteiger partial charge in [-0.1, -0.05) is 0 Å². The molecule has 2 nitrogen and oxygen atoms in total. The Labute approximate surface area is 80.7 Å². The summed E-state index contributed by atoms with van der Waals surface area (Å²) in [5, 5.41) is 1.51. The average Bonchev–Trinajstić information content (AvgIpc) is 2.13. The number of carbonyl (C=O) groups is 1. The predicted octanol–water partition coefficient (Wildman–Crippen LogP) is 2.31. The van der Waals surface area contributed by atoms with Crippen molar-refractivity contribution in [3.63, 3.8) is 0 Å². The summed E-state index contributed by atoms with van der Waals surface area (Å²) in [6, 6.07) is 0.803. The molecule has 0 aliphatic heterocycles. The SMILES string of the molecule is O=C(Nc1cc(F)c(F)c(F)c1)C(F)F. The summed E-state index contributed by atoms with van der Waals surface area (Å²) in [4.78, 5) is 10.4. The maximum Gasteiger partial charge on any atom is 0.315 e. The second-order valence-corrected chi connectivity index (χ2v) is 2.54. The second kappa shape index (κ2) is 4.24. The highest BCUT2D eigenvalue weighted by Gasteiger charge is 2.17. The quantitative estimate of drug-likeness (QED) is 0.607. The first-order valence-electron chi connectivity index (χ1n) is 3.65. The lowest BCUT2D eigenvalue weighted by Gasteiger charge is -2.05. The van der Waals surface area contributed by atoms with Crippen molar-refractivity contribution >= 4 is 11.6 Å². The number of benzene rings is 1. The number of halogens is 5. The smallest absolute Gasteiger partial charge is 0.315 e.